The van der Waals surface area contributed by atoms with Gasteiger partial charge in [0, 0.05) is 5.92 Å². The van der Waals surface area contributed by atoms with Gasteiger partial charge >= 0.3 is 0 Å². The molecule has 0 unspecified atom stereocenters. The number of benzene rings is 1. The van der Waals surface area contributed by atoms with Gasteiger partial charge in [-0.25, -0.2) is 0 Å². The number of carbonyl (C=O) groups is 1. The van der Waals surface area contributed by atoms with Gasteiger partial charge in [-0.2, -0.15) is 5.10 Å². The zero-order valence-electron chi connectivity index (χ0n) is 14.2. The van der Waals surface area contributed by atoms with Crippen molar-refractivity contribution in [2.75, 3.05) is 5.32 Å². The molecule has 23 heavy (non-hydrogen) atoms. The van der Waals surface area contributed by atoms with Crippen LogP contribution in [0.3, 0.4) is 0 Å². The van der Waals surface area contributed by atoms with Gasteiger partial charge in [0.1, 0.15) is 0 Å². The number of nitrogens with one attached hydrogen (secondary N) is 1. The first-order valence-corrected chi connectivity index (χ1v) is 8.45. The molecule has 122 valence electrons. The summed E-state index contributed by atoms with van der Waals surface area (Å²) in [6.45, 7) is 6.80. The summed E-state index contributed by atoms with van der Waals surface area (Å²) in [6.07, 6.45) is 4.37. The second kappa shape index (κ2) is 6.57. The van der Waals surface area contributed by atoms with Crippen LogP contribution < -0.4 is 5.32 Å². The van der Waals surface area contributed by atoms with E-state index in [0.717, 1.165) is 36.5 Å². The van der Waals surface area contributed by atoms with E-state index in [9.17, 15) is 4.79 Å². The summed E-state index contributed by atoms with van der Waals surface area (Å²) >= 11 is 0. The number of anilines is 1. The molecule has 0 radical (unpaired) electrons. The van der Waals surface area contributed by atoms with Crippen molar-refractivity contribution in [2.24, 2.45) is 5.92 Å². The van der Waals surface area contributed by atoms with Gasteiger partial charge < -0.3 is 5.32 Å². The molecule has 2 aromatic rings. The minimum absolute atomic E-state index is 0.156. The van der Waals surface area contributed by atoms with Crippen LogP contribution in [0.5, 0.6) is 0 Å². The van der Waals surface area contributed by atoms with Crippen LogP contribution in [0, 0.1) is 26.7 Å². The zero-order valence-corrected chi connectivity index (χ0v) is 14.2. The predicted molar refractivity (Wildman–Crippen MR) is 92.6 cm³/mol. The maximum absolute atomic E-state index is 12.4. The monoisotopic (exact) mass is 311 g/mol. The highest BCUT2D eigenvalue weighted by molar-refractivity contribution is 5.93. The second-order valence-corrected chi connectivity index (χ2v) is 6.66. The minimum atomic E-state index is 0.156. The number of aryl methyl sites for hydroxylation is 2. The molecule has 0 aliphatic heterocycles. The lowest BCUT2D eigenvalue weighted by atomic mass is 10.1. The van der Waals surface area contributed by atoms with E-state index in [1.54, 1.807) is 0 Å². The molecular formula is C19H25N3O. The molecular weight excluding hydrogens is 286 g/mol. The highest BCUT2D eigenvalue weighted by atomic mass is 16.1. The van der Waals surface area contributed by atoms with Crippen LogP contribution in [0.2, 0.25) is 0 Å². The van der Waals surface area contributed by atoms with Crippen molar-refractivity contribution < 1.29 is 4.79 Å². The van der Waals surface area contributed by atoms with Crippen molar-refractivity contribution in [1.29, 1.82) is 0 Å². The number of carbonyl (C=O) groups excluding carboxylic acids is 1. The SMILES string of the molecule is Cc1ccc(Cn2nc(C)c(NC(=O)C3CCCC3)c2C)cc1. The van der Waals surface area contributed by atoms with E-state index in [4.69, 9.17) is 0 Å². The van der Waals surface area contributed by atoms with Crippen LogP contribution in [0.25, 0.3) is 0 Å². The van der Waals surface area contributed by atoms with Crippen molar-refractivity contribution in [3.63, 3.8) is 0 Å². The van der Waals surface area contributed by atoms with Crippen LogP contribution in [-0.2, 0) is 11.3 Å². The van der Waals surface area contributed by atoms with Crippen LogP contribution in [-0.4, -0.2) is 15.7 Å². The molecule has 0 spiro atoms. The Balaban J connectivity index is 1.76. The number of hydrogen-bond donors (Lipinski definition) is 1. The number of hydrogen-bond acceptors (Lipinski definition) is 2. The van der Waals surface area contributed by atoms with Gasteiger partial charge in [0.25, 0.3) is 0 Å². The Morgan fingerprint density at radius 2 is 1.83 bits per heavy atom. The molecule has 1 saturated carbocycles. The van der Waals surface area contributed by atoms with Crippen molar-refractivity contribution in [3.8, 4) is 0 Å². The summed E-state index contributed by atoms with van der Waals surface area (Å²) in [7, 11) is 0. The molecule has 0 atom stereocenters. The lowest BCUT2D eigenvalue weighted by Gasteiger charge is -2.11. The van der Waals surface area contributed by atoms with Crippen LogP contribution in [0.1, 0.15) is 48.2 Å². The van der Waals surface area contributed by atoms with Gasteiger partial charge in [0.15, 0.2) is 0 Å². The number of amides is 1. The predicted octanol–water partition coefficient (Wildman–Crippen LogP) is 3.99. The second-order valence-electron chi connectivity index (χ2n) is 6.66. The van der Waals surface area contributed by atoms with Crippen molar-refractivity contribution >= 4 is 11.6 Å². The summed E-state index contributed by atoms with van der Waals surface area (Å²) in [4.78, 5) is 12.4. The van der Waals surface area contributed by atoms with Crippen molar-refractivity contribution in [2.45, 2.75) is 53.0 Å². The fourth-order valence-corrected chi connectivity index (χ4v) is 3.31. The fourth-order valence-electron chi connectivity index (χ4n) is 3.31. The summed E-state index contributed by atoms with van der Waals surface area (Å²) in [5, 5.41) is 7.72. The third-order valence-corrected chi connectivity index (χ3v) is 4.81. The maximum atomic E-state index is 12.4. The Morgan fingerprint density at radius 3 is 2.48 bits per heavy atom. The normalized spacial score (nSPS) is 15.1. The quantitative estimate of drug-likeness (QED) is 0.928. The number of aromatic nitrogens is 2. The minimum Gasteiger partial charge on any atom is -0.323 e. The van der Waals surface area contributed by atoms with E-state index in [-0.39, 0.29) is 11.8 Å². The summed E-state index contributed by atoms with van der Waals surface area (Å²) < 4.78 is 1.98. The molecule has 0 saturated heterocycles. The van der Waals surface area contributed by atoms with Gasteiger partial charge in [0.2, 0.25) is 5.91 Å². The first-order valence-electron chi connectivity index (χ1n) is 8.45. The average Bonchev–Trinajstić information content (AvgIpc) is 3.14. The Hall–Kier alpha value is -2.10. The first-order chi connectivity index (χ1) is 11.0. The largest absolute Gasteiger partial charge is 0.323 e. The van der Waals surface area contributed by atoms with Crippen LogP contribution in [0.4, 0.5) is 5.69 Å². The molecule has 1 aromatic carbocycles. The Labute approximate surface area is 137 Å². The molecule has 4 heteroatoms. The van der Waals surface area contributed by atoms with Gasteiger partial charge in [-0.05, 0) is 39.2 Å². The molecule has 0 bridgehead atoms. The Morgan fingerprint density at radius 1 is 1.17 bits per heavy atom. The fraction of sp³-hybridized carbons (Fsp3) is 0.474. The molecule has 1 amide bonds. The van der Waals surface area contributed by atoms with E-state index in [1.807, 2.05) is 18.5 Å². The maximum Gasteiger partial charge on any atom is 0.227 e. The summed E-state index contributed by atoms with van der Waals surface area (Å²) in [5.41, 5.74) is 5.27. The first kappa shape index (κ1) is 15.8. The standard InChI is InChI=1S/C19H25N3O/c1-13-8-10-16(11-9-13)12-22-15(3)18(14(2)21-22)20-19(23)17-6-4-5-7-17/h8-11,17H,4-7,12H2,1-3H3,(H,20,23). The summed E-state index contributed by atoms with van der Waals surface area (Å²) in [5.74, 6) is 0.331. The third-order valence-electron chi connectivity index (χ3n) is 4.81. The molecule has 1 aliphatic rings. The van der Waals surface area contributed by atoms with Crippen LogP contribution in [0.15, 0.2) is 24.3 Å². The molecule has 1 aromatic heterocycles. The molecule has 1 N–H and O–H groups in total. The van der Waals surface area contributed by atoms with Gasteiger partial charge in [-0.1, -0.05) is 42.7 Å². The van der Waals surface area contributed by atoms with E-state index < -0.39 is 0 Å². The van der Waals surface area contributed by atoms with Gasteiger partial charge in [-0.3, -0.25) is 9.48 Å². The van der Waals surface area contributed by atoms with E-state index in [2.05, 4.69) is 41.6 Å². The Bertz CT molecular complexity index is 694. The van der Waals surface area contributed by atoms with Gasteiger partial charge in [0.05, 0.1) is 23.6 Å². The third kappa shape index (κ3) is 3.46. The topological polar surface area (TPSA) is 46.9 Å². The average molecular weight is 311 g/mol. The Kier molecular flexibility index (Phi) is 4.51. The van der Waals surface area contributed by atoms with E-state index in [1.165, 1.54) is 24.0 Å². The highest BCUT2D eigenvalue weighted by Gasteiger charge is 2.24. The number of rotatable bonds is 4. The molecule has 3 rings (SSSR count). The number of nitrogens with zero attached hydrogens (tertiary/aromatic N) is 2. The lowest BCUT2D eigenvalue weighted by molar-refractivity contribution is -0.119. The van der Waals surface area contributed by atoms with Crippen molar-refractivity contribution in [3.05, 3.63) is 46.8 Å². The molecule has 1 heterocycles. The lowest BCUT2D eigenvalue weighted by Crippen LogP contribution is -2.21. The molecule has 1 aliphatic carbocycles. The van der Waals surface area contributed by atoms with E-state index >= 15 is 0 Å². The van der Waals surface area contributed by atoms with Gasteiger partial charge in [-0.15, -0.1) is 0 Å². The molecule has 4 nitrogen and oxygen atoms in total. The zero-order chi connectivity index (χ0) is 16.4. The smallest absolute Gasteiger partial charge is 0.227 e. The molecule has 1 fully saturated rings. The van der Waals surface area contributed by atoms with Crippen molar-refractivity contribution in [1.82, 2.24) is 9.78 Å². The van der Waals surface area contributed by atoms with Crippen LogP contribution >= 0.6 is 0 Å². The highest BCUT2D eigenvalue weighted by Crippen LogP contribution is 2.28. The van der Waals surface area contributed by atoms with E-state index in [0.29, 0.717) is 0 Å². The summed E-state index contributed by atoms with van der Waals surface area (Å²) in [6, 6.07) is 8.48.